The van der Waals surface area contributed by atoms with Gasteiger partial charge in [-0.1, -0.05) is 25.5 Å². The second-order valence-corrected chi connectivity index (χ2v) is 12.5. The summed E-state index contributed by atoms with van der Waals surface area (Å²) in [4.78, 5) is 38.0. The minimum Gasteiger partial charge on any atom is -0.462 e. The molecule has 1 heterocycles. The van der Waals surface area contributed by atoms with E-state index in [1.54, 1.807) is 11.3 Å². The molecule has 1 aromatic heterocycles. The van der Waals surface area contributed by atoms with E-state index < -0.39 is 0 Å². The van der Waals surface area contributed by atoms with Gasteiger partial charge in [-0.25, -0.2) is 0 Å². The van der Waals surface area contributed by atoms with Crippen molar-refractivity contribution in [2.24, 2.45) is 28.6 Å². The van der Waals surface area contributed by atoms with Crippen molar-refractivity contribution in [3.8, 4) is 0 Å². The van der Waals surface area contributed by atoms with Crippen molar-refractivity contribution in [3.05, 3.63) is 34.0 Å². The molecule has 0 bridgehead atoms. The maximum absolute atomic E-state index is 12.7. The van der Waals surface area contributed by atoms with Gasteiger partial charge in [0.15, 0.2) is 5.78 Å². The Bertz CT molecular complexity index is 985. The molecule has 1 amide bonds. The second-order valence-electron chi connectivity index (χ2n) is 11.4. The monoisotopic (exact) mass is 483 g/mol. The molecular formula is C28H37NO4S. The van der Waals surface area contributed by atoms with Gasteiger partial charge in [-0.3, -0.25) is 14.4 Å². The van der Waals surface area contributed by atoms with Gasteiger partial charge in [-0.2, -0.15) is 0 Å². The van der Waals surface area contributed by atoms with Gasteiger partial charge < -0.3 is 10.1 Å². The van der Waals surface area contributed by atoms with Crippen LogP contribution in [0.1, 0.15) is 82.9 Å². The predicted molar refractivity (Wildman–Crippen MR) is 132 cm³/mol. The Morgan fingerprint density at radius 3 is 2.74 bits per heavy atom. The summed E-state index contributed by atoms with van der Waals surface area (Å²) < 4.78 is 6.04. The lowest BCUT2D eigenvalue weighted by atomic mass is 9.47. The van der Waals surface area contributed by atoms with Crippen LogP contribution < -0.4 is 5.32 Å². The fourth-order valence-electron chi connectivity index (χ4n) is 7.83. The average Bonchev–Trinajstić information content (AvgIpc) is 3.45. The summed E-state index contributed by atoms with van der Waals surface area (Å²) in [6.07, 6.45) is 10.4. The quantitative estimate of drug-likeness (QED) is 0.536. The highest BCUT2D eigenvalue weighted by Gasteiger charge is 2.59. The lowest BCUT2D eigenvalue weighted by Crippen LogP contribution is -2.51. The average molecular weight is 484 g/mol. The van der Waals surface area contributed by atoms with Crippen LogP contribution in [0.25, 0.3) is 0 Å². The van der Waals surface area contributed by atoms with Crippen molar-refractivity contribution in [2.75, 3.05) is 0 Å². The standard InChI is InChI=1S/C28H37NO4S/c1-27-13-11-19(30)16-18(27)5-6-21-22-7-8-24(28(22,2)14-12-23(21)27)33-26(32)10-9-25(31)29-17-20-4-3-15-34-20/h3-4,15-16,21-24H,5-14,17H2,1-2H3,(H,29,31)/t21-,22-,23-,24-,27+,28+/m1/s1. The highest BCUT2D eigenvalue weighted by atomic mass is 32.1. The van der Waals surface area contributed by atoms with Crippen LogP contribution in [0.3, 0.4) is 0 Å². The van der Waals surface area contributed by atoms with Gasteiger partial charge in [-0.15, -0.1) is 11.3 Å². The molecule has 0 radical (unpaired) electrons. The number of carbonyl (C=O) groups is 3. The molecule has 184 valence electrons. The van der Waals surface area contributed by atoms with Gasteiger partial charge in [0.05, 0.1) is 13.0 Å². The first-order valence-electron chi connectivity index (χ1n) is 13.0. The molecule has 6 atom stereocenters. The molecule has 5 rings (SSSR count). The Balaban J connectivity index is 1.17. The number of fused-ring (bicyclic) bond motifs is 5. The molecule has 3 saturated carbocycles. The van der Waals surface area contributed by atoms with Crippen LogP contribution in [0.4, 0.5) is 0 Å². The number of ether oxygens (including phenoxy) is 1. The minimum absolute atomic E-state index is 0.0281. The summed E-state index contributed by atoms with van der Waals surface area (Å²) in [5, 5.41) is 4.87. The zero-order chi connectivity index (χ0) is 23.9. The number of esters is 1. The summed E-state index contributed by atoms with van der Waals surface area (Å²) >= 11 is 1.61. The van der Waals surface area contributed by atoms with Crippen molar-refractivity contribution >= 4 is 29.0 Å². The Hall–Kier alpha value is -1.95. The van der Waals surface area contributed by atoms with Gasteiger partial charge in [-0.05, 0) is 85.6 Å². The van der Waals surface area contributed by atoms with Gasteiger partial charge in [0, 0.05) is 23.1 Å². The van der Waals surface area contributed by atoms with E-state index in [-0.39, 0.29) is 41.7 Å². The Morgan fingerprint density at radius 1 is 1.09 bits per heavy atom. The van der Waals surface area contributed by atoms with Gasteiger partial charge in [0.2, 0.25) is 5.91 Å². The van der Waals surface area contributed by atoms with E-state index in [4.69, 9.17) is 4.74 Å². The highest BCUT2D eigenvalue weighted by molar-refractivity contribution is 7.09. The van der Waals surface area contributed by atoms with Crippen molar-refractivity contribution in [1.82, 2.24) is 5.32 Å². The lowest BCUT2D eigenvalue weighted by Gasteiger charge is -2.57. The van der Waals surface area contributed by atoms with E-state index in [1.165, 1.54) is 5.57 Å². The molecule has 0 saturated heterocycles. The summed E-state index contributed by atoms with van der Waals surface area (Å²) in [6, 6.07) is 3.95. The predicted octanol–water partition coefficient (Wildman–Crippen LogP) is 5.59. The molecule has 3 fully saturated rings. The second kappa shape index (κ2) is 9.25. The van der Waals surface area contributed by atoms with E-state index in [1.807, 2.05) is 23.6 Å². The smallest absolute Gasteiger partial charge is 0.306 e. The molecule has 0 spiro atoms. The molecule has 0 aliphatic heterocycles. The SMILES string of the molecule is C[C@]12CC[C@@H]3[C@H](CCC4=CC(=O)CC[C@@]43C)[C@H]1CC[C@H]2OC(=O)CCC(=O)NCc1cccs1. The Kier molecular flexibility index (Phi) is 6.47. The zero-order valence-electron chi connectivity index (χ0n) is 20.4. The van der Waals surface area contributed by atoms with Gasteiger partial charge in [0.25, 0.3) is 0 Å². The van der Waals surface area contributed by atoms with E-state index >= 15 is 0 Å². The van der Waals surface area contributed by atoms with E-state index in [0.717, 1.165) is 49.8 Å². The molecule has 4 aliphatic carbocycles. The van der Waals surface area contributed by atoms with E-state index in [2.05, 4.69) is 19.2 Å². The highest BCUT2D eigenvalue weighted by Crippen LogP contribution is 2.65. The third-order valence-electron chi connectivity index (χ3n) is 9.74. The van der Waals surface area contributed by atoms with Crippen LogP contribution in [-0.4, -0.2) is 23.8 Å². The summed E-state index contributed by atoms with van der Waals surface area (Å²) in [6.45, 7) is 5.26. The number of allylic oxidation sites excluding steroid dienone is 1. The van der Waals surface area contributed by atoms with Crippen LogP contribution in [-0.2, 0) is 25.7 Å². The van der Waals surface area contributed by atoms with Crippen LogP contribution in [0.5, 0.6) is 0 Å². The van der Waals surface area contributed by atoms with Crippen molar-refractivity contribution in [3.63, 3.8) is 0 Å². The maximum Gasteiger partial charge on any atom is 0.306 e. The molecule has 6 heteroatoms. The number of hydrogen-bond donors (Lipinski definition) is 1. The minimum atomic E-state index is -0.244. The molecule has 34 heavy (non-hydrogen) atoms. The maximum atomic E-state index is 12.7. The third-order valence-corrected chi connectivity index (χ3v) is 10.6. The normalized spacial score (nSPS) is 36.6. The summed E-state index contributed by atoms with van der Waals surface area (Å²) in [5.74, 6) is 1.83. The molecule has 0 unspecified atom stereocenters. The summed E-state index contributed by atoms with van der Waals surface area (Å²) in [5.41, 5.74) is 1.59. The van der Waals surface area contributed by atoms with Gasteiger partial charge in [0.1, 0.15) is 6.10 Å². The van der Waals surface area contributed by atoms with E-state index in [0.29, 0.717) is 36.5 Å². The molecule has 0 aromatic carbocycles. The van der Waals surface area contributed by atoms with E-state index in [9.17, 15) is 14.4 Å². The van der Waals surface area contributed by atoms with Crippen LogP contribution in [0, 0.1) is 28.6 Å². The summed E-state index contributed by atoms with van der Waals surface area (Å²) in [7, 11) is 0. The van der Waals surface area contributed by atoms with Crippen LogP contribution in [0.15, 0.2) is 29.2 Å². The fourth-order valence-corrected chi connectivity index (χ4v) is 8.47. The number of carbonyl (C=O) groups excluding carboxylic acids is 3. The first-order chi connectivity index (χ1) is 16.3. The molecule has 1 N–H and O–H groups in total. The molecule has 1 aromatic rings. The van der Waals surface area contributed by atoms with Crippen molar-refractivity contribution in [2.45, 2.75) is 90.7 Å². The molecule has 4 aliphatic rings. The topological polar surface area (TPSA) is 72.5 Å². The molecule has 5 nitrogen and oxygen atoms in total. The Morgan fingerprint density at radius 2 is 1.94 bits per heavy atom. The van der Waals surface area contributed by atoms with Crippen LogP contribution >= 0.6 is 11.3 Å². The largest absolute Gasteiger partial charge is 0.462 e. The number of thiophene rings is 1. The molecular weight excluding hydrogens is 446 g/mol. The number of amides is 1. The Labute approximate surface area is 206 Å². The lowest BCUT2D eigenvalue weighted by molar-refractivity contribution is -0.160. The van der Waals surface area contributed by atoms with Crippen molar-refractivity contribution in [1.29, 1.82) is 0 Å². The number of rotatable bonds is 6. The third kappa shape index (κ3) is 4.27. The van der Waals surface area contributed by atoms with Crippen molar-refractivity contribution < 1.29 is 19.1 Å². The van der Waals surface area contributed by atoms with Gasteiger partial charge >= 0.3 is 5.97 Å². The van der Waals surface area contributed by atoms with Crippen LogP contribution in [0.2, 0.25) is 0 Å². The fraction of sp³-hybridized carbons (Fsp3) is 0.679. The first-order valence-corrected chi connectivity index (χ1v) is 13.9. The number of ketones is 1. The zero-order valence-corrected chi connectivity index (χ0v) is 21.3. The number of hydrogen-bond acceptors (Lipinski definition) is 5. The first kappa shape index (κ1) is 23.8. The number of nitrogens with one attached hydrogen (secondary N) is 1.